The Balaban J connectivity index is 0.696. The van der Waals surface area contributed by atoms with E-state index in [0.29, 0.717) is 23.5 Å². The maximum atomic E-state index is 6.03. The molecule has 0 aliphatic heterocycles. The fourth-order valence-corrected chi connectivity index (χ4v) is 20.9. The molecule has 0 aliphatic rings. The van der Waals surface area contributed by atoms with Crippen LogP contribution in [0.5, 0.6) is 0 Å². The molecule has 0 fully saturated rings. The first-order chi connectivity index (χ1) is 65.5. The van der Waals surface area contributed by atoms with Crippen LogP contribution in [0, 0.1) is 0 Å². The number of rotatable bonds is 14. The third-order valence-electron chi connectivity index (χ3n) is 26.6. The second-order valence-corrected chi connectivity index (χ2v) is 34.0. The highest BCUT2D eigenvalue weighted by atomic mass is 15.2. The van der Waals surface area contributed by atoms with Gasteiger partial charge in [0.1, 0.15) is 0 Å². The fourth-order valence-electron chi connectivity index (χ4n) is 20.9. The van der Waals surface area contributed by atoms with Gasteiger partial charge >= 0.3 is 0 Å². The third-order valence-corrected chi connectivity index (χ3v) is 26.6. The van der Waals surface area contributed by atoms with Crippen molar-refractivity contribution in [1.82, 2.24) is 57.3 Å². The average Bonchev–Trinajstić information content (AvgIpc) is 1.54. The molecule has 0 aliphatic carbocycles. The molecule has 0 radical (unpaired) electrons. The van der Waals surface area contributed by atoms with Crippen LogP contribution in [-0.4, -0.2) is 57.3 Å². The lowest BCUT2D eigenvalue weighted by Crippen LogP contribution is -2.07. The number of fused-ring (bicyclic) bond motifs is 21. The minimum atomic E-state index is 0.499. The molecule has 0 unspecified atom stereocenters. The van der Waals surface area contributed by atoms with E-state index in [1.54, 1.807) is 0 Å². The Bertz CT molecular complexity index is 9320. The highest BCUT2D eigenvalue weighted by Crippen LogP contribution is 2.52. The Labute approximate surface area is 756 Å². The summed E-state index contributed by atoms with van der Waals surface area (Å²) in [6, 6.07) is 161. The van der Waals surface area contributed by atoms with E-state index in [1.807, 2.05) is 36.4 Å². The molecule has 9 aromatic heterocycles. The predicted molar refractivity (Wildman–Crippen MR) is 543 cm³/mol. The normalized spacial score (nSPS) is 11.9. The first-order valence-corrected chi connectivity index (χ1v) is 44.7. The van der Waals surface area contributed by atoms with Gasteiger partial charge in [0.2, 0.25) is 11.9 Å². The van der Waals surface area contributed by atoms with E-state index in [-0.39, 0.29) is 0 Å². The van der Waals surface area contributed by atoms with E-state index in [0.717, 1.165) is 210 Å². The molecule has 614 valence electrons. The van der Waals surface area contributed by atoms with E-state index < -0.39 is 0 Å². The van der Waals surface area contributed by atoms with Gasteiger partial charge in [-0.15, -0.1) is 0 Å². The summed E-state index contributed by atoms with van der Waals surface area (Å²) in [5, 5.41) is 13.3. The molecule has 132 heavy (non-hydrogen) atoms. The number of hydrogen-bond acceptors (Lipinski definition) is 6. The number of aromatic nitrogens is 12. The van der Waals surface area contributed by atoms with Gasteiger partial charge in [0.15, 0.2) is 11.6 Å². The molecule has 0 saturated carbocycles. The van der Waals surface area contributed by atoms with Crippen LogP contribution in [0.25, 0.3) is 256 Å². The Morgan fingerprint density at radius 3 is 0.803 bits per heavy atom. The molecular weight excluding hydrogens is 1610 g/mol. The maximum Gasteiger partial charge on any atom is 0.238 e. The summed E-state index contributed by atoms with van der Waals surface area (Å²) >= 11 is 0. The van der Waals surface area contributed by atoms with Gasteiger partial charge in [0, 0.05) is 115 Å². The van der Waals surface area contributed by atoms with Crippen molar-refractivity contribution in [2.45, 2.75) is 0 Å². The van der Waals surface area contributed by atoms with Gasteiger partial charge in [-0.25, -0.2) is 19.9 Å². The monoisotopic (exact) mass is 1680 g/mol. The number of hydrogen-bond donors (Lipinski definition) is 0. The Morgan fingerprint density at radius 1 is 0.144 bits per heavy atom. The maximum absolute atomic E-state index is 6.03. The van der Waals surface area contributed by atoms with Crippen molar-refractivity contribution in [3.8, 4) is 125 Å². The van der Waals surface area contributed by atoms with Crippen LogP contribution < -0.4 is 0 Å². The van der Waals surface area contributed by atoms with Gasteiger partial charge in [-0.1, -0.05) is 334 Å². The Morgan fingerprint density at radius 2 is 0.417 bits per heavy atom. The molecule has 0 N–H and O–H groups in total. The van der Waals surface area contributed by atoms with Crippen LogP contribution in [-0.2, 0) is 0 Å². The first-order valence-electron chi connectivity index (χ1n) is 44.7. The summed E-state index contributed by atoms with van der Waals surface area (Å²) in [4.78, 5) is 34.0. The summed E-state index contributed by atoms with van der Waals surface area (Å²) < 4.78 is 14.5. The quantitative estimate of drug-likeness (QED) is 0.107. The van der Waals surface area contributed by atoms with E-state index >= 15 is 0 Å². The lowest BCUT2D eigenvalue weighted by Gasteiger charge is -2.16. The van der Waals surface area contributed by atoms with Crippen molar-refractivity contribution in [1.29, 1.82) is 0 Å². The number of pyridine rings is 1. The molecular formula is C120H74N12. The van der Waals surface area contributed by atoms with Gasteiger partial charge in [-0.2, -0.15) is 9.97 Å². The fraction of sp³-hybridized carbons (Fsp3) is 0. The summed E-state index contributed by atoms with van der Waals surface area (Å²) in [7, 11) is 0. The molecule has 0 bridgehead atoms. The summed E-state index contributed by atoms with van der Waals surface area (Å²) in [6.45, 7) is 0. The molecule has 9 heterocycles. The highest BCUT2D eigenvalue weighted by molar-refractivity contribution is 6.31. The lowest BCUT2D eigenvalue weighted by atomic mass is 9.94. The smallest absolute Gasteiger partial charge is 0.238 e. The van der Waals surface area contributed by atoms with Crippen LogP contribution in [0.2, 0.25) is 0 Å². The van der Waals surface area contributed by atoms with Gasteiger partial charge in [0.05, 0.1) is 94.7 Å². The van der Waals surface area contributed by atoms with E-state index in [1.165, 1.54) is 21.5 Å². The molecule has 27 aromatic rings. The summed E-state index contributed by atoms with van der Waals surface area (Å²) in [6.07, 6.45) is 0. The minimum Gasteiger partial charge on any atom is -0.307 e. The van der Waals surface area contributed by atoms with Crippen LogP contribution in [0.3, 0.4) is 0 Å². The van der Waals surface area contributed by atoms with Crippen LogP contribution >= 0.6 is 0 Å². The second-order valence-electron chi connectivity index (χ2n) is 34.0. The van der Waals surface area contributed by atoms with E-state index in [9.17, 15) is 0 Å². The third kappa shape index (κ3) is 11.6. The van der Waals surface area contributed by atoms with Gasteiger partial charge in [-0.3, -0.25) is 9.13 Å². The molecule has 18 aromatic carbocycles. The molecule has 0 saturated heterocycles. The molecule has 0 spiro atoms. The van der Waals surface area contributed by atoms with Crippen LogP contribution in [0.1, 0.15) is 0 Å². The molecule has 0 amide bonds. The molecule has 27 rings (SSSR count). The zero-order chi connectivity index (χ0) is 86.6. The van der Waals surface area contributed by atoms with E-state index in [2.05, 4.69) is 440 Å². The van der Waals surface area contributed by atoms with Crippen molar-refractivity contribution in [3.63, 3.8) is 0 Å². The standard InChI is InChI=1S/C120H74N12/c1-8-36-75(37-9-1)99-70-86(130-104-61-29-23-55-88(104)92-67-66-91-87-54-22-28-60-103(87)127(111(91)112(92)130)83-48-16-5-17-49-83)71-100(121-99)81-46-34-44-79(68-81)95-72-97-89-56-24-30-62-105(89)128(84-50-18-6-19-51-84)113(97)115-109(95)93-58-26-32-64-107(93)131(115)119-122-101(76-38-10-2-11-39-76)74-102(123-119)82-47-35-45-80(69-82)96-73-98-90-57-25-31-63-106(90)129(85-52-20-7-21-53-85)114(98)116-110(96)94-59-27-33-65-108(94)132(116)120-125-117(77-40-12-3-13-41-77)124-118(126-120)78-42-14-4-15-43-78/h1-74H. The molecule has 0 atom stereocenters. The van der Waals surface area contributed by atoms with Crippen molar-refractivity contribution in [2.24, 2.45) is 0 Å². The number of benzene rings is 18. The Hall–Kier alpha value is -18.0. The summed E-state index contributed by atoms with van der Waals surface area (Å²) in [5.74, 6) is 2.15. The minimum absolute atomic E-state index is 0.499. The van der Waals surface area contributed by atoms with Crippen molar-refractivity contribution < 1.29 is 0 Å². The zero-order valence-corrected chi connectivity index (χ0v) is 71.1. The van der Waals surface area contributed by atoms with Crippen LogP contribution in [0.4, 0.5) is 0 Å². The van der Waals surface area contributed by atoms with Gasteiger partial charge < -0.3 is 18.3 Å². The zero-order valence-electron chi connectivity index (χ0n) is 71.1. The van der Waals surface area contributed by atoms with E-state index in [4.69, 9.17) is 29.9 Å². The predicted octanol–water partition coefficient (Wildman–Crippen LogP) is 30.0. The van der Waals surface area contributed by atoms with Gasteiger partial charge in [0.25, 0.3) is 0 Å². The van der Waals surface area contributed by atoms with Crippen molar-refractivity contribution >= 4 is 131 Å². The summed E-state index contributed by atoms with van der Waals surface area (Å²) in [5.41, 5.74) is 29.6. The molecule has 12 heteroatoms. The Kier molecular flexibility index (Phi) is 16.8. The average molecular weight is 1680 g/mol. The number of para-hydroxylation sites is 9. The first kappa shape index (κ1) is 74.3. The van der Waals surface area contributed by atoms with Gasteiger partial charge in [-0.05, 0) is 138 Å². The largest absolute Gasteiger partial charge is 0.307 e. The number of nitrogens with zero attached hydrogens (tertiary/aromatic N) is 12. The second kappa shape index (κ2) is 29.8. The van der Waals surface area contributed by atoms with Crippen molar-refractivity contribution in [2.75, 3.05) is 0 Å². The topological polar surface area (TPSA) is 107 Å². The lowest BCUT2D eigenvalue weighted by molar-refractivity contribution is 0.953. The van der Waals surface area contributed by atoms with Crippen LogP contribution in [0.15, 0.2) is 449 Å². The highest BCUT2D eigenvalue weighted by Gasteiger charge is 2.31. The SMILES string of the molecule is c1ccc(-c2cc(-n3c4ccccc4c4ccc5c6ccccc6n(-c6ccccc6)c5c43)cc(-c3cccc(-c4cc5c6ccccc6n(-c6ccccc6)c5c5c4c4ccccc4n5-c4nc(-c5ccccc5)cc(-c5cccc(-c6cc7c8ccccc8n(-c8ccccc8)c7c7c6c6ccccc6n7-c6nc(-c7ccccc7)nc(-c7ccccc7)n6)c5)n4)c3)n2)cc1. The van der Waals surface area contributed by atoms with Crippen molar-refractivity contribution in [3.05, 3.63) is 449 Å². The molecule has 12 nitrogen and oxygen atoms in total.